The number of aromatic nitrogens is 1. The molecule has 4 rings (SSSR count). The summed E-state index contributed by atoms with van der Waals surface area (Å²) in [6.45, 7) is 2.55. The van der Waals surface area contributed by atoms with E-state index >= 15 is 0 Å². The van der Waals surface area contributed by atoms with Crippen molar-refractivity contribution in [1.29, 1.82) is 0 Å². The van der Waals surface area contributed by atoms with Crippen molar-refractivity contribution in [2.24, 2.45) is 5.92 Å². The van der Waals surface area contributed by atoms with Crippen LogP contribution in [-0.4, -0.2) is 28.2 Å². The van der Waals surface area contributed by atoms with Gasteiger partial charge < -0.3 is 19.1 Å². The van der Waals surface area contributed by atoms with E-state index in [0.717, 1.165) is 0 Å². The van der Waals surface area contributed by atoms with E-state index in [0.29, 0.717) is 41.5 Å². The van der Waals surface area contributed by atoms with Gasteiger partial charge in [-0.3, -0.25) is 9.59 Å². The maximum atomic E-state index is 12.5. The van der Waals surface area contributed by atoms with Crippen LogP contribution in [0.25, 0.3) is 11.1 Å². The molecule has 0 saturated carbocycles. The Morgan fingerprint density at radius 1 is 1.40 bits per heavy atom. The molecule has 2 amide bonds. The fourth-order valence-corrected chi connectivity index (χ4v) is 3.06. The van der Waals surface area contributed by atoms with E-state index in [-0.39, 0.29) is 24.2 Å². The highest BCUT2D eigenvalue weighted by Gasteiger charge is 2.34. The largest absolute Gasteiger partial charge is 0.467 e. The summed E-state index contributed by atoms with van der Waals surface area (Å²) < 4.78 is 10.7. The fourth-order valence-electron chi connectivity index (χ4n) is 3.06. The van der Waals surface area contributed by atoms with Crippen LogP contribution in [0.4, 0.5) is 5.69 Å². The quantitative estimate of drug-likeness (QED) is 0.789. The minimum Gasteiger partial charge on any atom is -0.467 e. The van der Waals surface area contributed by atoms with E-state index in [9.17, 15) is 9.59 Å². The Kier molecular flexibility index (Phi) is 3.76. The standard InChI is InChI=1S/C18H17N3O4/c1-11-19-15-8-13(4-5-16(15)25-11)20-18(23)12-7-17(22)21(9-12)10-14-3-2-6-24-14/h2-6,8,12H,7,9-10H2,1H3,(H,20,23). The topological polar surface area (TPSA) is 88.6 Å². The molecule has 1 N–H and O–H groups in total. The smallest absolute Gasteiger partial charge is 0.229 e. The van der Waals surface area contributed by atoms with Gasteiger partial charge in [0.25, 0.3) is 0 Å². The van der Waals surface area contributed by atoms with E-state index < -0.39 is 0 Å². The van der Waals surface area contributed by atoms with Crippen molar-refractivity contribution in [3.05, 3.63) is 48.2 Å². The van der Waals surface area contributed by atoms with Gasteiger partial charge in [-0.1, -0.05) is 0 Å². The van der Waals surface area contributed by atoms with E-state index in [1.807, 2.05) is 6.07 Å². The molecular weight excluding hydrogens is 322 g/mol. The Labute approximate surface area is 143 Å². The number of rotatable bonds is 4. The number of nitrogens with zero attached hydrogens (tertiary/aromatic N) is 2. The monoisotopic (exact) mass is 339 g/mol. The maximum Gasteiger partial charge on any atom is 0.229 e. The number of amides is 2. The molecule has 1 saturated heterocycles. The Morgan fingerprint density at radius 3 is 3.08 bits per heavy atom. The van der Waals surface area contributed by atoms with E-state index in [1.54, 1.807) is 42.4 Å². The number of nitrogens with one attached hydrogen (secondary N) is 1. The second-order valence-corrected chi connectivity index (χ2v) is 6.16. The fraction of sp³-hybridized carbons (Fsp3) is 0.278. The first-order valence-electron chi connectivity index (χ1n) is 8.07. The average molecular weight is 339 g/mol. The van der Waals surface area contributed by atoms with Gasteiger partial charge in [-0.05, 0) is 30.3 Å². The molecule has 7 nitrogen and oxygen atoms in total. The van der Waals surface area contributed by atoms with Gasteiger partial charge in [0, 0.05) is 25.6 Å². The zero-order chi connectivity index (χ0) is 17.4. The van der Waals surface area contributed by atoms with Crippen molar-refractivity contribution in [1.82, 2.24) is 9.88 Å². The minimum atomic E-state index is -0.378. The van der Waals surface area contributed by atoms with Gasteiger partial charge in [0.15, 0.2) is 11.5 Å². The molecule has 3 aromatic rings. The summed E-state index contributed by atoms with van der Waals surface area (Å²) in [6.07, 6.45) is 1.78. The summed E-state index contributed by atoms with van der Waals surface area (Å²) in [5.74, 6) is 0.695. The van der Waals surface area contributed by atoms with Gasteiger partial charge in [-0.2, -0.15) is 0 Å². The van der Waals surface area contributed by atoms with Crippen LogP contribution in [0.1, 0.15) is 18.1 Å². The van der Waals surface area contributed by atoms with Gasteiger partial charge in [0.05, 0.1) is 18.7 Å². The number of carbonyl (C=O) groups is 2. The van der Waals surface area contributed by atoms with Gasteiger partial charge in [-0.15, -0.1) is 0 Å². The summed E-state index contributed by atoms with van der Waals surface area (Å²) in [6, 6.07) is 8.90. The third kappa shape index (κ3) is 3.13. The number of oxazole rings is 1. The number of benzene rings is 1. The van der Waals surface area contributed by atoms with Crippen LogP contribution < -0.4 is 5.32 Å². The molecule has 0 spiro atoms. The molecular formula is C18H17N3O4. The summed E-state index contributed by atoms with van der Waals surface area (Å²) in [7, 11) is 0. The third-order valence-corrected chi connectivity index (χ3v) is 4.27. The van der Waals surface area contributed by atoms with Crippen LogP contribution in [0.2, 0.25) is 0 Å². The lowest BCUT2D eigenvalue weighted by atomic mass is 10.1. The molecule has 1 aliphatic rings. The maximum absolute atomic E-state index is 12.5. The number of likely N-dealkylation sites (tertiary alicyclic amines) is 1. The highest BCUT2D eigenvalue weighted by Crippen LogP contribution is 2.24. The molecule has 0 aliphatic carbocycles. The molecule has 25 heavy (non-hydrogen) atoms. The molecule has 2 aromatic heterocycles. The Hall–Kier alpha value is -3.09. The van der Waals surface area contributed by atoms with Crippen LogP contribution in [0, 0.1) is 12.8 Å². The van der Waals surface area contributed by atoms with Crippen molar-refractivity contribution in [3.63, 3.8) is 0 Å². The van der Waals surface area contributed by atoms with Crippen LogP contribution in [0.5, 0.6) is 0 Å². The van der Waals surface area contributed by atoms with Crippen molar-refractivity contribution in [2.45, 2.75) is 19.9 Å². The van der Waals surface area contributed by atoms with Crippen molar-refractivity contribution >= 4 is 28.6 Å². The number of furan rings is 1. The molecule has 1 aromatic carbocycles. The van der Waals surface area contributed by atoms with E-state index in [2.05, 4.69) is 10.3 Å². The predicted molar refractivity (Wildman–Crippen MR) is 89.6 cm³/mol. The Morgan fingerprint density at radius 2 is 2.28 bits per heavy atom. The number of fused-ring (bicyclic) bond motifs is 1. The molecule has 0 bridgehead atoms. The highest BCUT2D eigenvalue weighted by atomic mass is 16.3. The SMILES string of the molecule is Cc1nc2cc(NC(=O)C3CC(=O)N(Cc4ccco4)C3)ccc2o1. The molecule has 1 unspecified atom stereocenters. The molecule has 1 atom stereocenters. The first-order valence-corrected chi connectivity index (χ1v) is 8.07. The van der Waals surface area contributed by atoms with Crippen LogP contribution >= 0.6 is 0 Å². The highest BCUT2D eigenvalue weighted by molar-refractivity contribution is 5.98. The number of hydrogen-bond acceptors (Lipinski definition) is 5. The van der Waals surface area contributed by atoms with Crippen molar-refractivity contribution in [3.8, 4) is 0 Å². The lowest BCUT2D eigenvalue weighted by Gasteiger charge is -2.15. The average Bonchev–Trinajstić information content (AvgIpc) is 3.28. The molecule has 0 radical (unpaired) electrons. The number of aryl methyl sites for hydroxylation is 1. The summed E-state index contributed by atoms with van der Waals surface area (Å²) >= 11 is 0. The first kappa shape index (κ1) is 15.4. The van der Waals surface area contributed by atoms with E-state index in [4.69, 9.17) is 8.83 Å². The molecule has 128 valence electrons. The number of anilines is 1. The second kappa shape index (κ2) is 6.08. The van der Waals surface area contributed by atoms with Crippen molar-refractivity contribution in [2.75, 3.05) is 11.9 Å². The lowest BCUT2D eigenvalue weighted by molar-refractivity contribution is -0.128. The summed E-state index contributed by atoms with van der Waals surface area (Å²) in [4.78, 5) is 30.5. The molecule has 1 fully saturated rings. The zero-order valence-electron chi connectivity index (χ0n) is 13.7. The van der Waals surface area contributed by atoms with Gasteiger partial charge in [0.2, 0.25) is 11.8 Å². The van der Waals surface area contributed by atoms with Gasteiger partial charge in [-0.25, -0.2) is 4.98 Å². The zero-order valence-corrected chi connectivity index (χ0v) is 13.7. The minimum absolute atomic E-state index is 0.0425. The first-order chi connectivity index (χ1) is 12.1. The third-order valence-electron chi connectivity index (χ3n) is 4.27. The summed E-state index contributed by atoms with van der Waals surface area (Å²) in [5.41, 5.74) is 2.01. The number of hydrogen-bond donors (Lipinski definition) is 1. The van der Waals surface area contributed by atoms with Crippen LogP contribution in [0.3, 0.4) is 0 Å². The second-order valence-electron chi connectivity index (χ2n) is 6.16. The normalized spacial score (nSPS) is 17.4. The summed E-state index contributed by atoms with van der Waals surface area (Å²) in [5, 5.41) is 2.86. The van der Waals surface area contributed by atoms with Crippen LogP contribution in [-0.2, 0) is 16.1 Å². The molecule has 1 aliphatic heterocycles. The van der Waals surface area contributed by atoms with Crippen molar-refractivity contribution < 1.29 is 18.4 Å². The van der Waals surface area contributed by atoms with Gasteiger partial charge >= 0.3 is 0 Å². The van der Waals surface area contributed by atoms with Gasteiger partial charge in [0.1, 0.15) is 11.3 Å². The van der Waals surface area contributed by atoms with E-state index in [1.165, 1.54) is 0 Å². The number of carbonyl (C=O) groups excluding carboxylic acids is 2. The predicted octanol–water partition coefficient (Wildman–Crippen LogP) is 2.72. The molecule has 3 heterocycles. The lowest BCUT2D eigenvalue weighted by Crippen LogP contribution is -2.27. The Bertz CT molecular complexity index is 929. The molecule has 7 heteroatoms. The van der Waals surface area contributed by atoms with Crippen LogP contribution in [0.15, 0.2) is 45.4 Å². The Balaban J connectivity index is 1.42.